The van der Waals surface area contributed by atoms with Crippen LogP contribution in [0, 0.1) is 13.8 Å². The van der Waals surface area contributed by atoms with E-state index in [4.69, 9.17) is 0 Å². The molecule has 0 bridgehead atoms. The Morgan fingerprint density at radius 2 is 0.852 bits per heavy atom. The van der Waals surface area contributed by atoms with Crippen molar-refractivity contribution in [2.24, 2.45) is 0 Å². The van der Waals surface area contributed by atoms with Crippen LogP contribution in [-0.2, 0) is 20.9 Å². The molecule has 0 heterocycles. The van der Waals surface area contributed by atoms with Crippen LogP contribution >= 0.6 is 0 Å². The SMILES string of the molecule is CCC(O)(/C=C/c1ccc(C(CC)(CC)c2ccc(O)cc2)cc1C)CC.CCC(O)(/C=C/c1ccc(C(CC)(CC)c2ccc(OS(=O)(=O)C(F)(F)F)cc2)cc1C)CC. The average Bonchev–Trinajstić information content (AvgIpc) is 3.25. The lowest BCUT2D eigenvalue weighted by Gasteiger charge is -2.34. The van der Waals surface area contributed by atoms with Crippen molar-refractivity contribution in [3.8, 4) is 11.5 Å². The fourth-order valence-electron chi connectivity index (χ4n) is 8.03. The maximum Gasteiger partial charge on any atom is 0.534 e. The van der Waals surface area contributed by atoms with Gasteiger partial charge in [0.2, 0.25) is 0 Å². The molecule has 0 aliphatic carbocycles. The van der Waals surface area contributed by atoms with Gasteiger partial charge in [0.1, 0.15) is 11.5 Å². The second kappa shape index (κ2) is 21.1. The van der Waals surface area contributed by atoms with Crippen molar-refractivity contribution < 1.29 is 41.1 Å². The topological polar surface area (TPSA) is 104 Å². The zero-order chi connectivity index (χ0) is 45.9. The maximum atomic E-state index is 12.6. The van der Waals surface area contributed by atoms with Crippen LogP contribution in [0.4, 0.5) is 13.2 Å². The maximum absolute atomic E-state index is 12.6. The monoisotopic (exact) mass is 864 g/mol. The molecule has 10 heteroatoms. The van der Waals surface area contributed by atoms with Gasteiger partial charge in [-0.05, 0) is 134 Å². The van der Waals surface area contributed by atoms with Crippen molar-refractivity contribution in [1.82, 2.24) is 0 Å². The van der Waals surface area contributed by atoms with E-state index in [1.54, 1.807) is 24.3 Å². The Labute approximate surface area is 363 Å². The third-order valence-electron chi connectivity index (χ3n) is 13.0. The molecule has 0 aliphatic rings. The smallest absolute Gasteiger partial charge is 0.508 e. The Morgan fingerprint density at radius 3 is 1.15 bits per heavy atom. The van der Waals surface area contributed by atoms with E-state index in [-0.39, 0.29) is 5.41 Å². The molecule has 0 atom stereocenters. The Balaban J connectivity index is 0.000000334. The predicted octanol–water partition coefficient (Wildman–Crippen LogP) is 13.3. The molecule has 0 saturated carbocycles. The first-order chi connectivity index (χ1) is 28.6. The minimum Gasteiger partial charge on any atom is -0.508 e. The van der Waals surface area contributed by atoms with Gasteiger partial charge in [0.05, 0.1) is 11.2 Å². The standard InChI is InChI=1S/C26H33F3O4S.C25H34O2/c1-6-24(30,7-2)17-16-20-10-11-22(18-19(20)5)25(8-3,9-4)21-12-14-23(15-13-21)33-34(31,32)26(27,28)29;1-6-24(27,7-2)17-16-20-10-11-22(18-19(20)5)25(8-3,9-4)21-12-14-23(26)15-13-21/h10-18,30H,6-9H2,1-5H3;10-18,26-27H,6-9H2,1-5H3/b2*17-16+. The lowest BCUT2D eigenvalue weighted by Crippen LogP contribution is -2.28. The second-order valence-corrected chi connectivity index (χ2v) is 17.6. The molecular formula is C51H67F3O6S. The molecule has 61 heavy (non-hydrogen) atoms. The molecule has 0 unspecified atom stereocenters. The molecule has 0 fully saturated rings. The van der Waals surface area contributed by atoms with E-state index in [0.717, 1.165) is 53.5 Å². The second-order valence-electron chi connectivity index (χ2n) is 16.1. The summed E-state index contributed by atoms with van der Waals surface area (Å²) in [6.45, 7) is 20.6. The van der Waals surface area contributed by atoms with Crippen molar-refractivity contribution in [3.05, 3.63) is 142 Å². The van der Waals surface area contributed by atoms with Crippen LogP contribution in [0.25, 0.3) is 12.2 Å². The largest absolute Gasteiger partial charge is 0.534 e. The number of halogens is 3. The summed E-state index contributed by atoms with van der Waals surface area (Å²) in [6.07, 6.45) is 13.9. The Kier molecular flexibility index (Phi) is 17.7. The van der Waals surface area contributed by atoms with Crippen LogP contribution in [0.1, 0.15) is 151 Å². The summed E-state index contributed by atoms with van der Waals surface area (Å²) in [4.78, 5) is 0. The Bertz CT molecular complexity index is 2170. The van der Waals surface area contributed by atoms with Crippen molar-refractivity contribution >= 4 is 22.3 Å². The van der Waals surface area contributed by atoms with Gasteiger partial charge in [0, 0.05) is 10.8 Å². The molecule has 0 amide bonds. The first-order valence-corrected chi connectivity index (χ1v) is 23.0. The lowest BCUT2D eigenvalue weighted by atomic mass is 9.70. The van der Waals surface area contributed by atoms with Crippen molar-refractivity contribution in [2.45, 2.75) is 148 Å². The molecule has 0 radical (unpaired) electrons. The zero-order valence-corrected chi connectivity index (χ0v) is 38.5. The van der Waals surface area contributed by atoms with Gasteiger partial charge in [0.25, 0.3) is 0 Å². The highest BCUT2D eigenvalue weighted by Crippen LogP contribution is 2.42. The van der Waals surface area contributed by atoms with Gasteiger partial charge in [0.15, 0.2) is 0 Å². The number of alkyl halides is 3. The summed E-state index contributed by atoms with van der Waals surface area (Å²) in [6, 6.07) is 26.1. The van der Waals surface area contributed by atoms with E-state index in [0.29, 0.717) is 31.4 Å². The number of phenolic OH excluding ortho intramolecular Hbond substituents is 1. The van der Waals surface area contributed by atoms with Crippen LogP contribution in [0.5, 0.6) is 11.5 Å². The zero-order valence-electron chi connectivity index (χ0n) is 37.7. The van der Waals surface area contributed by atoms with Gasteiger partial charge >= 0.3 is 15.6 Å². The summed E-state index contributed by atoms with van der Waals surface area (Å²) in [5.41, 5.74) is 1.28. The molecule has 4 aromatic carbocycles. The summed E-state index contributed by atoms with van der Waals surface area (Å²) >= 11 is 0. The molecule has 0 aromatic heterocycles. The average molecular weight is 865 g/mol. The number of aryl methyl sites for hydroxylation is 2. The van der Waals surface area contributed by atoms with Gasteiger partial charge < -0.3 is 19.5 Å². The van der Waals surface area contributed by atoms with Crippen LogP contribution in [0.2, 0.25) is 0 Å². The fraction of sp³-hybridized carbons (Fsp3) is 0.451. The minimum atomic E-state index is -5.72. The summed E-state index contributed by atoms with van der Waals surface area (Å²) in [5, 5.41) is 30.7. The number of hydrogen-bond acceptors (Lipinski definition) is 6. The number of benzene rings is 4. The molecule has 0 aliphatic heterocycles. The van der Waals surface area contributed by atoms with Gasteiger partial charge in [-0.15, -0.1) is 0 Å². The van der Waals surface area contributed by atoms with E-state index in [9.17, 15) is 36.9 Å². The first-order valence-electron chi connectivity index (χ1n) is 21.6. The highest BCUT2D eigenvalue weighted by Gasteiger charge is 2.48. The van der Waals surface area contributed by atoms with E-state index in [1.807, 2.05) is 97.0 Å². The molecule has 0 saturated heterocycles. The summed E-state index contributed by atoms with van der Waals surface area (Å²) < 4.78 is 64.7. The van der Waals surface area contributed by atoms with Crippen LogP contribution in [-0.4, -0.2) is 40.4 Å². The van der Waals surface area contributed by atoms with E-state index in [2.05, 4.69) is 49.2 Å². The number of phenols is 1. The minimum absolute atomic E-state index is 0.0612. The quantitative estimate of drug-likeness (QED) is 0.0680. The van der Waals surface area contributed by atoms with E-state index < -0.39 is 38.0 Å². The van der Waals surface area contributed by atoms with Gasteiger partial charge in [-0.2, -0.15) is 21.6 Å². The van der Waals surface area contributed by atoms with Gasteiger partial charge in [-0.3, -0.25) is 0 Å². The first kappa shape index (κ1) is 51.0. The van der Waals surface area contributed by atoms with E-state index in [1.165, 1.54) is 28.8 Å². The Morgan fingerprint density at radius 1 is 0.525 bits per heavy atom. The number of aromatic hydroxyl groups is 1. The molecule has 4 aromatic rings. The molecule has 6 nitrogen and oxygen atoms in total. The number of aliphatic hydroxyl groups is 2. The highest BCUT2D eigenvalue weighted by molar-refractivity contribution is 7.88. The lowest BCUT2D eigenvalue weighted by molar-refractivity contribution is -0.0500. The van der Waals surface area contributed by atoms with Crippen molar-refractivity contribution in [3.63, 3.8) is 0 Å². The molecule has 4 rings (SSSR count). The summed E-state index contributed by atoms with van der Waals surface area (Å²) in [7, 11) is -5.72. The summed E-state index contributed by atoms with van der Waals surface area (Å²) in [5.74, 6) is -0.0889. The van der Waals surface area contributed by atoms with Crippen LogP contribution in [0.3, 0.4) is 0 Å². The molecule has 0 spiro atoms. The van der Waals surface area contributed by atoms with Crippen molar-refractivity contribution in [1.29, 1.82) is 0 Å². The third-order valence-corrected chi connectivity index (χ3v) is 13.9. The third kappa shape index (κ3) is 12.0. The fourth-order valence-corrected chi connectivity index (χ4v) is 8.49. The Hall–Kier alpha value is -4.38. The van der Waals surface area contributed by atoms with Gasteiger partial charge in [-0.1, -0.05) is 140 Å². The van der Waals surface area contributed by atoms with Crippen LogP contribution in [0.15, 0.2) is 97.1 Å². The van der Waals surface area contributed by atoms with E-state index >= 15 is 0 Å². The van der Waals surface area contributed by atoms with Gasteiger partial charge in [-0.25, -0.2) is 0 Å². The normalized spacial score (nSPS) is 13.1. The molecule has 334 valence electrons. The number of rotatable bonds is 18. The van der Waals surface area contributed by atoms with Crippen molar-refractivity contribution in [2.75, 3.05) is 0 Å². The molecule has 3 N–H and O–H groups in total. The van der Waals surface area contributed by atoms with Crippen LogP contribution < -0.4 is 4.18 Å². The number of hydrogen-bond donors (Lipinski definition) is 3. The molecular weight excluding hydrogens is 798 g/mol. The highest BCUT2D eigenvalue weighted by atomic mass is 32.2. The predicted molar refractivity (Wildman–Crippen MR) is 244 cm³/mol.